The van der Waals surface area contributed by atoms with Gasteiger partial charge in [-0.1, -0.05) is 11.1 Å². The van der Waals surface area contributed by atoms with Crippen molar-refractivity contribution in [2.45, 2.75) is 26.2 Å². The average Bonchev–Trinajstić information content (AvgIpc) is 2.74. The Balaban J connectivity index is 2.13. The van der Waals surface area contributed by atoms with Crippen LogP contribution in [0.15, 0.2) is 22.2 Å². The number of allylic oxidation sites excluding steroid dienone is 2. The van der Waals surface area contributed by atoms with Crippen molar-refractivity contribution in [1.29, 1.82) is 0 Å². The van der Waals surface area contributed by atoms with E-state index >= 15 is 0 Å². The van der Waals surface area contributed by atoms with Gasteiger partial charge in [0, 0.05) is 11.0 Å². The fourth-order valence-electron chi connectivity index (χ4n) is 1.66. The molecule has 0 radical (unpaired) electrons. The number of thiazole rings is 1. The molecule has 2 rings (SSSR count). The first-order chi connectivity index (χ1) is 8.28. The van der Waals surface area contributed by atoms with Crippen LogP contribution in [0, 0.1) is 18.8 Å². The maximum atomic E-state index is 4.78. The predicted molar refractivity (Wildman–Crippen MR) is 70.1 cm³/mol. The summed E-state index contributed by atoms with van der Waals surface area (Å²) in [7, 11) is 1.57. The fourth-order valence-corrected chi connectivity index (χ4v) is 2.20. The highest BCUT2D eigenvalue weighted by Gasteiger charge is 2.07. The minimum Gasteiger partial charge on any atom is -0.399 e. The van der Waals surface area contributed by atoms with Crippen LogP contribution in [0.1, 0.15) is 30.0 Å². The molecule has 0 bridgehead atoms. The molecule has 17 heavy (non-hydrogen) atoms. The van der Waals surface area contributed by atoms with E-state index in [1.165, 1.54) is 0 Å². The number of aromatic nitrogens is 1. The summed E-state index contributed by atoms with van der Waals surface area (Å²) in [6.45, 7) is 1.99. The van der Waals surface area contributed by atoms with Gasteiger partial charge < -0.3 is 4.84 Å². The molecule has 1 aromatic heterocycles. The van der Waals surface area contributed by atoms with E-state index in [2.05, 4.69) is 22.0 Å². The second kappa shape index (κ2) is 5.65. The maximum absolute atomic E-state index is 4.78. The van der Waals surface area contributed by atoms with Crippen LogP contribution in [0.25, 0.3) is 0 Å². The van der Waals surface area contributed by atoms with Gasteiger partial charge >= 0.3 is 0 Å². The van der Waals surface area contributed by atoms with E-state index in [4.69, 9.17) is 4.84 Å². The van der Waals surface area contributed by atoms with Gasteiger partial charge in [0.25, 0.3) is 0 Å². The molecule has 0 saturated carbocycles. The second-order valence-electron chi connectivity index (χ2n) is 3.79. The first-order valence-corrected chi connectivity index (χ1v) is 6.40. The van der Waals surface area contributed by atoms with Crippen molar-refractivity contribution in [3.05, 3.63) is 27.7 Å². The zero-order valence-corrected chi connectivity index (χ0v) is 10.8. The molecule has 1 aliphatic carbocycles. The van der Waals surface area contributed by atoms with Gasteiger partial charge in [-0.3, -0.25) is 0 Å². The number of nitrogens with zero attached hydrogens (tertiary/aromatic N) is 2. The average molecular weight is 245 g/mol. The van der Waals surface area contributed by atoms with Crippen LogP contribution in [0.3, 0.4) is 0 Å². The van der Waals surface area contributed by atoms with E-state index in [0.717, 1.165) is 41.2 Å². The minimum absolute atomic E-state index is 0.851. The van der Waals surface area contributed by atoms with Gasteiger partial charge in [-0.15, -0.1) is 11.3 Å². The molecule has 0 saturated heterocycles. The molecule has 1 aliphatic rings. The van der Waals surface area contributed by atoms with Gasteiger partial charge in [0.15, 0.2) is 0 Å². The van der Waals surface area contributed by atoms with Crippen LogP contribution in [0.2, 0.25) is 0 Å². The molecule has 0 fully saturated rings. The molecule has 88 valence electrons. The number of hydrogen-bond donors (Lipinski definition) is 0. The van der Waals surface area contributed by atoms with Gasteiger partial charge in [0.05, 0.1) is 10.7 Å². The van der Waals surface area contributed by atoms with Crippen LogP contribution < -0.4 is 0 Å². The van der Waals surface area contributed by atoms with Crippen LogP contribution >= 0.6 is 11.3 Å². The molecule has 1 aromatic rings. The van der Waals surface area contributed by atoms with E-state index < -0.39 is 0 Å². The van der Waals surface area contributed by atoms with Gasteiger partial charge in [0.2, 0.25) is 0 Å². The first-order valence-electron chi connectivity index (χ1n) is 5.52. The summed E-state index contributed by atoms with van der Waals surface area (Å²) in [5, 5.41) is 6.98. The molecule has 0 aromatic carbocycles. The van der Waals surface area contributed by atoms with Crippen LogP contribution in [0.5, 0.6) is 0 Å². The number of aryl methyl sites for hydroxylation is 1. The normalized spacial score (nSPS) is 17.3. The van der Waals surface area contributed by atoms with Crippen molar-refractivity contribution in [1.82, 2.24) is 4.98 Å². The lowest BCUT2D eigenvalue weighted by molar-refractivity contribution is 0.213. The molecule has 0 spiro atoms. The Morgan fingerprint density at radius 3 is 3.00 bits per heavy atom. The quantitative estimate of drug-likeness (QED) is 0.563. The zero-order valence-electron chi connectivity index (χ0n) is 9.99. The minimum atomic E-state index is 0.851. The summed E-state index contributed by atoms with van der Waals surface area (Å²) in [6, 6.07) is 0. The largest absolute Gasteiger partial charge is 0.399 e. The summed E-state index contributed by atoms with van der Waals surface area (Å²) in [6.07, 6.45) is 5.08. The van der Waals surface area contributed by atoms with Crippen molar-refractivity contribution in [3.8, 4) is 11.8 Å². The molecular weight excluding hydrogens is 231 g/mol. The highest BCUT2D eigenvalue weighted by Crippen LogP contribution is 2.15. The molecule has 4 heteroatoms. The second-order valence-corrected chi connectivity index (χ2v) is 4.85. The van der Waals surface area contributed by atoms with Gasteiger partial charge in [0.1, 0.15) is 12.8 Å². The first kappa shape index (κ1) is 11.9. The summed E-state index contributed by atoms with van der Waals surface area (Å²) in [5.74, 6) is 6.24. The lowest BCUT2D eigenvalue weighted by Gasteiger charge is -2.08. The lowest BCUT2D eigenvalue weighted by atomic mass is 9.98. The van der Waals surface area contributed by atoms with Crippen LogP contribution in [0.4, 0.5) is 0 Å². The Labute approximate surface area is 105 Å². The molecule has 0 atom stereocenters. The summed E-state index contributed by atoms with van der Waals surface area (Å²) in [4.78, 5) is 9.09. The lowest BCUT2D eigenvalue weighted by Crippen LogP contribution is -2.02. The number of rotatable bonds is 1. The third-order valence-corrected chi connectivity index (χ3v) is 3.17. The van der Waals surface area contributed by atoms with E-state index in [9.17, 15) is 0 Å². The third-order valence-electron chi connectivity index (χ3n) is 2.40. The van der Waals surface area contributed by atoms with Gasteiger partial charge in [-0.2, -0.15) is 0 Å². The van der Waals surface area contributed by atoms with E-state index in [1.54, 1.807) is 18.4 Å². The van der Waals surface area contributed by atoms with Crippen molar-refractivity contribution in [2.24, 2.45) is 5.16 Å². The molecule has 0 unspecified atom stereocenters. The molecule has 0 N–H and O–H groups in total. The van der Waals surface area contributed by atoms with Gasteiger partial charge in [-0.25, -0.2) is 4.98 Å². The molecule has 1 heterocycles. The summed E-state index contributed by atoms with van der Waals surface area (Å²) >= 11 is 1.62. The molecule has 0 amide bonds. The molecule has 0 aliphatic heterocycles. The van der Waals surface area contributed by atoms with Crippen molar-refractivity contribution < 1.29 is 4.84 Å². The Morgan fingerprint density at radius 2 is 2.29 bits per heavy atom. The zero-order chi connectivity index (χ0) is 12.1. The monoisotopic (exact) mass is 245 g/mol. The summed E-state index contributed by atoms with van der Waals surface area (Å²) in [5.41, 5.74) is 2.93. The Hall–Kier alpha value is -1.60. The van der Waals surface area contributed by atoms with E-state index in [0.29, 0.717) is 0 Å². The predicted octanol–water partition coefficient (Wildman–Crippen LogP) is 2.92. The Kier molecular flexibility index (Phi) is 3.94. The summed E-state index contributed by atoms with van der Waals surface area (Å²) < 4.78 is 0. The van der Waals surface area contributed by atoms with Crippen molar-refractivity contribution in [2.75, 3.05) is 7.11 Å². The van der Waals surface area contributed by atoms with Gasteiger partial charge in [-0.05, 0) is 38.2 Å². The number of oxime groups is 1. The van der Waals surface area contributed by atoms with E-state index in [-0.39, 0.29) is 0 Å². The Morgan fingerprint density at radius 1 is 1.41 bits per heavy atom. The van der Waals surface area contributed by atoms with E-state index in [1.807, 2.05) is 18.4 Å². The maximum Gasteiger partial charge on any atom is 0.124 e. The number of hydrogen-bond acceptors (Lipinski definition) is 4. The highest BCUT2D eigenvalue weighted by molar-refractivity contribution is 7.09. The standard InChI is InChI=1S/C13H14N2OS/c1-10-14-13(9-17-10)7-6-11-4-3-5-12(8-11)15-16-2/h8-9H,3-5H2,1-2H3/b15-12-/i2-1. The smallest absolute Gasteiger partial charge is 0.124 e. The SMILES string of the molecule is Cc1nc(C#CC2=C/C(=N\O[11CH3])CCC2)cs1. The van der Waals surface area contributed by atoms with Crippen molar-refractivity contribution in [3.63, 3.8) is 0 Å². The fraction of sp³-hybridized carbons (Fsp3) is 0.385. The topological polar surface area (TPSA) is 34.5 Å². The highest BCUT2D eigenvalue weighted by atomic mass is 32.1. The third kappa shape index (κ3) is 3.43. The molecule has 3 nitrogen and oxygen atoms in total. The Bertz CT molecular complexity index is 517. The molecular formula is C13H14N2OS. The van der Waals surface area contributed by atoms with Crippen molar-refractivity contribution >= 4 is 17.0 Å². The van der Waals surface area contributed by atoms with Crippen LogP contribution in [-0.4, -0.2) is 17.8 Å². The van der Waals surface area contributed by atoms with Crippen LogP contribution in [-0.2, 0) is 4.84 Å².